The molecule has 0 radical (unpaired) electrons. The van der Waals surface area contributed by atoms with E-state index < -0.39 is 10.0 Å². The molecule has 3 aromatic rings. The summed E-state index contributed by atoms with van der Waals surface area (Å²) in [6.45, 7) is 0.803. The predicted molar refractivity (Wildman–Crippen MR) is 91.3 cm³/mol. The van der Waals surface area contributed by atoms with E-state index in [9.17, 15) is 8.42 Å². The molecule has 26 heavy (non-hydrogen) atoms. The topological polar surface area (TPSA) is 108 Å². The Bertz CT molecular complexity index is 1030. The van der Waals surface area contributed by atoms with Crippen molar-refractivity contribution in [1.82, 2.24) is 33.7 Å². The van der Waals surface area contributed by atoms with Gasteiger partial charge in [-0.05, 0) is 18.9 Å². The first-order chi connectivity index (χ1) is 12.5. The van der Waals surface area contributed by atoms with E-state index in [2.05, 4.69) is 20.3 Å². The largest absolute Gasteiger partial charge is 0.480 e. The van der Waals surface area contributed by atoms with Gasteiger partial charge in [0, 0.05) is 44.5 Å². The van der Waals surface area contributed by atoms with Crippen LogP contribution >= 0.6 is 0 Å². The summed E-state index contributed by atoms with van der Waals surface area (Å²) >= 11 is 0. The van der Waals surface area contributed by atoms with E-state index in [-0.39, 0.29) is 11.1 Å². The molecule has 0 bridgehead atoms. The number of nitrogens with zero attached hydrogens (tertiary/aromatic N) is 7. The molecule has 10 nitrogen and oxygen atoms in total. The fourth-order valence-corrected chi connectivity index (χ4v) is 4.76. The van der Waals surface area contributed by atoms with E-state index in [0.29, 0.717) is 37.5 Å². The van der Waals surface area contributed by atoms with Crippen LogP contribution in [0.3, 0.4) is 0 Å². The standard InChI is InChI=1S/C15H19N7O3S/c1-20-10-7-16-15(20)26(23,24)21-8-5-11(6-9-21)14-18-17-12-3-4-13(25-2)19-22(12)14/h3-4,7,10-11H,5-6,8-9H2,1-2H3. The van der Waals surface area contributed by atoms with Crippen LogP contribution in [0.4, 0.5) is 0 Å². The molecule has 4 rings (SSSR count). The number of imidazole rings is 1. The first-order valence-electron chi connectivity index (χ1n) is 8.24. The number of hydrogen-bond acceptors (Lipinski definition) is 7. The lowest BCUT2D eigenvalue weighted by Crippen LogP contribution is -2.39. The summed E-state index contributed by atoms with van der Waals surface area (Å²) < 4.78 is 35.3. The van der Waals surface area contributed by atoms with Crippen molar-refractivity contribution in [3.8, 4) is 5.88 Å². The molecule has 0 atom stereocenters. The van der Waals surface area contributed by atoms with Crippen LogP contribution in [-0.2, 0) is 17.1 Å². The monoisotopic (exact) mass is 377 g/mol. The molecule has 4 heterocycles. The van der Waals surface area contributed by atoms with Crippen LogP contribution in [0.15, 0.2) is 29.7 Å². The maximum Gasteiger partial charge on any atom is 0.276 e. The van der Waals surface area contributed by atoms with Crippen LogP contribution in [0, 0.1) is 0 Å². The molecule has 1 saturated heterocycles. The fraction of sp³-hybridized carbons (Fsp3) is 0.467. The zero-order valence-corrected chi connectivity index (χ0v) is 15.3. The molecule has 1 fully saturated rings. The quantitative estimate of drug-likeness (QED) is 0.649. The van der Waals surface area contributed by atoms with E-state index in [1.165, 1.54) is 15.1 Å². The second kappa shape index (κ2) is 6.32. The van der Waals surface area contributed by atoms with Gasteiger partial charge in [0.25, 0.3) is 10.0 Å². The number of piperidine rings is 1. The van der Waals surface area contributed by atoms with E-state index in [1.54, 1.807) is 37.0 Å². The Morgan fingerprint density at radius 2 is 1.96 bits per heavy atom. The molecular formula is C15H19N7O3S. The molecule has 1 aliphatic heterocycles. The second-order valence-electron chi connectivity index (χ2n) is 6.20. The average molecular weight is 377 g/mol. The lowest BCUT2D eigenvalue weighted by Gasteiger charge is -2.29. The summed E-state index contributed by atoms with van der Waals surface area (Å²) in [5.41, 5.74) is 0.642. The van der Waals surface area contributed by atoms with Gasteiger partial charge in [-0.25, -0.2) is 13.4 Å². The van der Waals surface area contributed by atoms with Gasteiger partial charge in [-0.15, -0.1) is 15.3 Å². The number of fused-ring (bicyclic) bond motifs is 1. The number of aryl methyl sites for hydroxylation is 1. The maximum atomic E-state index is 12.7. The number of aromatic nitrogens is 6. The van der Waals surface area contributed by atoms with E-state index in [1.807, 2.05) is 0 Å². The Morgan fingerprint density at radius 3 is 2.62 bits per heavy atom. The minimum Gasteiger partial charge on any atom is -0.480 e. The smallest absolute Gasteiger partial charge is 0.276 e. The molecule has 0 aliphatic carbocycles. The molecule has 138 valence electrons. The first kappa shape index (κ1) is 16.9. The lowest BCUT2D eigenvalue weighted by molar-refractivity contribution is 0.308. The summed E-state index contributed by atoms with van der Waals surface area (Å²) in [6, 6.07) is 3.53. The van der Waals surface area contributed by atoms with Gasteiger partial charge in [-0.3, -0.25) is 0 Å². The SMILES string of the molecule is COc1ccc2nnc(C3CCN(S(=O)(=O)c4nccn4C)CC3)n2n1. The minimum absolute atomic E-state index is 0.0651. The van der Waals surface area contributed by atoms with Crippen molar-refractivity contribution in [2.45, 2.75) is 23.9 Å². The number of sulfonamides is 1. The highest BCUT2D eigenvalue weighted by molar-refractivity contribution is 7.89. The van der Waals surface area contributed by atoms with Crippen molar-refractivity contribution >= 4 is 15.7 Å². The molecule has 0 saturated carbocycles. The summed E-state index contributed by atoms with van der Waals surface area (Å²) in [6.07, 6.45) is 4.40. The van der Waals surface area contributed by atoms with Crippen molar-refractivity contribution in [3.05, 3.63) is 30.4 Å². The number of methoxy groups -OCH3 is 1. The van der Waals surface area contributed by atoms with Gasteiger partial charge < -0.3 is 9.30 Å². The number of hydrogen-bond donors (Lipinski definition) is 0. The third kappa shape index (κ3) is 2.72. The van der Waals surface area contributed by atoms with E-state index in [0.717, 1.165) is 5.82 Å². The van der Waals surface area contributed by atoms with Crippen molar-refractivity contribution in [2.24, 2.45) is 7.05 Å². The molecule has 1 aliphatic rings. The molecule has 3 aromatic heterocycles. The van der Waals surface area contributed by atoms with Gasteiger partial charge >= 0.3 is 0 Å². The van der Waals surface area contributed by atoms with Crippen molar-refractivity contribution < 1.29 is 13.2 Å². The Balaban J connectivity index is 1.55. The molecule has 0 N–H and O–H groups in total. The molecule has 0 aromatic carbocycles. The van der Waals surface area contributed by atoms with Gasteiger partial charge in [0.1, 0.15) is 0 Å². The molecule has 0 unspecified atom stereocenters. The Labute approximate surface area is 150 Å². The first-order valence-corrected chi connectivity index (χ1v) is 9.68. The Morgan fingerprint density at radius 1 is 1.19 bits per heavy atom. The molecule has 11 heteroatoms. The highest BCUT2D eigenvalue weighted by Gasteiger charge is 2.34. The van der Waals surface area contributed by atoms with Gasteiger partial charge in [-0.2, -0.15) is 8.82 Å². The van der Waals surface area contributed by atoms with Crippen molar-refractivity contribution in [2.75, 3.05) is 20.2 Å². The normalized spacial score (nSPS) is 17.0. The number of rotatable bonds is 4. The highest BCUT2D eigenvalue weighted by atomic mass is 32.2. The maximum absolute atomic E-state index is 12.7. The lowest BCUT2D eigenvalue weighted by atomic mass is 9.97. The fourth-order valence-electron chi connectivity index (χ4n) is 3.22. The Hall–Kier alpha value is -2.53. The van der Waals surface area contributed by atoms with Crippen molar-refractivity contribution in [3.63, 3.8) is 0 Å². The molecule has 0 amide bonds. The van der Waals surface area contributed by atoms with Gasteiger partial charge in [0.15, 0.2) is 11.5 Å². The van der Waals surface area contributed by atoms with Gasteiger partial charge in [0.05, 0.1) is 7.11 Å². The second-order valence-corrected chi connectivity index (χ2v) is 8.03. The number of ether oxygens (including phenoxy) is 1. The third-order valence-corrected chi connectivity index (χ3v) is 6.54. The molecular weight excluding hydrogens is 358 g/mol. The van der Waals surface area contributed by atoms with Crippen LogP contribution in [0.1, 0.15) is 24.6 Å². The highest BCUT2D eigenvalue weighted by Crippen LogP contribution is 2.29. The summed E-state index contributed by atoms with van der Waals surface area (Å²) in [5.74, 6) is 1.29. The summed E-state index contributed by atoms with van der Waals surface area (Å²) in [4.78, 5) is 3.97. The summed E-state index contributed by atoms with van der Waals surface area (Å²) in [7, 11) is -0.359. The predicted octanol–water partition coefficient (Wildman–Crippen LogP) is 0.435. The van der Waals surface area contributed by atoms with Gasteiger partial charge in [0.2, 0.25) is 11.0 Å². The van der Waals surface area contributed by atoms with E-state index in [4.69, 9.17) is 4.74 Å². The molecule has 0 spiro atoms. The zero-order valence-electron chi connectivity index (χ0n) is 14.5. The zero-order chi connectivity index (χ0) is 18.3. The van der Waals surface area contributed by atoms with E-state index >= 15 is 0 Å². The van der Waals surface area contributed by atoms with Crippen molar-refractivity contribution in [1.29, 1.82) is 0 Å². The van der Waals surface area contributed by atoms with Crippen LogP contribution < -0.4 is 4.74 Å². The third-order valence-electron chi connectivity index (χ3n) is 4.64. The van der Waals surface area contributed by atoms with Crippen LogP contribution in [-0.4, -0.2) is 62.3 Å². The van der Waals surface area contributed by atoms with Crippen LogP contribution in [0.25, 0.3) is 5.65 Å². The minimum atomic E-state index is -3.59. The average Bonchev–Trinajstić information content (AvgIpc) is 3.27. The van der Waals surface area contributed by atoms with Crippen LogP contribution in [0.2, 0.25) is 0 Å². The summed E-state index contributed by atoms with van der Waals surface area (Å²) in [5, 5.41) is 12.8. The van der Waals surface area contributed by atoms with Gasteiger partial charge in [-0.1, -0.05) is 0 Å². The van der Waals surface area contributed by atoms with Crippen LogP contribution in [0.5, 0.6) is 5.88 Å². The Kier molecular flexibility index (Phi) is 4.11.